The van der Waals surface area contributed by atoms with Crippen molar-refractivity contribution in [2.75, 3.05) is 46.0 Å². The molecule has 0 aliphatic carbocycles. The number of benzene rings is 2. The predicted octanol–water partition coefficient (Wildman–Crippen LogP) is 3.74. The summed E-state index contributed by atoms with van der Waals surface area (Å²) in [5.41, 5.74) is 3.42. The van der Waals surface area contributed by atoms with E-state index in [-0.39, 0.29) is 12.6 Å². The number of hydrogen-bond donors (Lipinski definition) is 1. The number of rotatable bonds is 4. The monoisotopic (exact) mass is 444 g/mol. The average molecular weight is 445 g/mol. The van der Waals surface area contributed by atoms with E-state index in [1.54, 1.807) is 0 Å². The molecule has 3 fully saturated rings. The first-order chi connectivity index (χ1) is 16.3. The maximum Gasteiger partial charge on any atom is 0.0593 e. The second-order valence-electron chi connectivity index (χ2n) is 9.84. The molecule has 4 nitrogen and oxygen atoms in total. The van der Waals surface area contributed by atoms with Crippen LogP contribution in [0, 0.1) is 17.8 Å². The molecule has 2 aromatic rings. The van der Waals surface area contributed by atoms with Gasteiger partial charge in [-0.15, -0.1) is 0 Å². The third-order valence-electron chi connectivity index (χ3n) is 7.73. The molecule has 1 N–H and O–H groups in total. The van der Waals surface area contributed by atoms with Crippen LogP contribution in [0.25, 0.3) is 0 Å². The molecule has 174 valence electrons. The minimum Gasteiger partial charge on any atom is -0.395 e. The molecule has 33 heavy (non-hydrogen) atoms. The van der Waals surface area contributed by atoms with Gasteiger partial charge in [0, 0.05) is 55.4 Å². The molecule has 2 aromatic carbocycles. The molecular formula is C29H36N2O2. The van der Waals surface area contributed by atoms with E-state index >= 15 is 0 Å². The minimum atomic E-state index is 0.233. The molecule has 3 heterocycles. The van der Waals surface area contributed by atoms with E-state index < -0.39 is 0 Å². The molecule has 0 saturated carbocycles. The van der Waals surface area contributed by atoms with Crippen molar-refractivity contribution in [2.24, 2.45) is 5.92 Å². The van der Waals surface area contributed by atoms with Crippen LogP contribution in [0.1, 0.15) is 48.3 Å². The Balaban J connectivity index is 1.29. The van der Waals surface area contributed by atoms with Gasteiger partial charge in [-0.2, -0.15) is 0 Å². The van der Waals surface area contributed by atoms with Gasteiger partial charge in [0.25, 0.3) is 0 Å². The van der Waals surface area contributed by atoms with Crippen LogP contribution in [-0.4, -0.2) is 73.0 Å². The summed E-state index contributed by atoms with van der Waals surface area (Å²) in [4.78, 5) is 5.27. The Morgan fingerprint density at radius 3 is 2.30 bits per heavy atom. The van der Waals surface area contributed by atoms with Gasteiger partial charge in [0.2, 0.25) is 0 Å². The van der Waals surface area contributed by atoms with Crippen molar-refractivity contribution < 1.29 is 9.84 Å². The van der Waals surface area contributed by atoms with Gasteiger partial charge in [0.1, 0.15) is 0 Å². The average Bonchev–Trinajstić information content (AvgIpc) is 2.85. The number of nitrogens with zero attached hydrogens (tertiary/aromatic N) is 2. The zero-order valence-corrected chi connectivity index (χ0v) is 19.5. The lowest BCUT2D eigenvalue weighted by atomic mass is 9.74. The summed E-state index contributed by atoms with van der Waals surface area (Å²) >= 11 is 0. The Kier molecular flexibility index (Phi) is 7.43. The van der Waals surface area contributed by atoms with E-state index in [0.29, 0.717) is 12.0 Å². The lowest BCUT2D eigenvalue weighted by molar-refractivity contribution is -0.0677. The topological polar surface area (TPSA) is 35.9 Å². The third-order valence-corrected chi connectivity index (χ3v) is 7.73. The van der Waals surface area contributed by atoms with Crippen LogP contribution in [-0.2, 0) is 4.74 Å². The Morgan fingerprint density at radius 1 is 0.879 bits per heavy atom. The van der Waals surface area contributed by atoms with Crippen LogP contribution in [0.2, 0.25) is 0 Å². The van der Waals surface area contributed by atoms with Crippen molar-refractivity contribution in [1.82, 2.24) is 9.80 Å². The smallest absolute Gasteiger partial charge is 0.0593 e. The van der Waals surface area contributed by atoms with Crippen molar-refractivity contribution >= 4 is 0 Å². The van der Waals surface area contributed by atoms with E-state index in [1.807, 2.05) is 30.3 Å². The summed E-state index contributed by atoms with van der Waals surface area (Å²) in [5.74, 6) is 7.69. The maximum absolute atomic E-state index is 10.2. The predicted molar refractivity (Wildman–Crippen MR) is 132 cm³/mol. The van der Waals surface area contributed by atoms with Gasteiger partial charge < -0.3 is 14.7 Å². The highest BCUT2D eigenvalue weighted by Gasteiger charge is 2.49. The molecule has 4 heteroatoms. The van der Waals surface area contributed by atoms with Crippen LogP contribution in [0.3, 0.4) is 0 Å². The van der Waals surface area contributed by atoms with Crippen molar-refractivity contribution in [2.45, 2.75) is 43.7 Å². The highest BCUT2D eigenvalue weighted by Crippen LogP contribution is 2.42. The summed E-state index contributed by atoms with van der Waals surface area (Å²) in [6.45, 7) is 6.68. The summed E-state index contributed by atoms with van der Waals surface area (Å²) < 4.78 is 5.57. The molecule has 3 aliphatic heterocycles. The summed E-state index contributed by atoms with van der Waals surface area (Å²) in [6, 6.07) is 19.6. The van der Waals surface area contributed by atoms with Gasteiger partial charge in [-0.1, -0.05) is 42.2 Å². The zero-order chi connectivity index (χ0) is 22.5. The second-order valence-corrected chi connectivity index (χ2v) is 9.84. The summed E-state index contributed by atoms with van der Waals surface area (Å²) in [6.07, 6.45) is 4.86. The minimum absolute atomic E-state index is 0.233. The molecule has 0 unspecified atom stereocenters. The SMILES string of the molecule is OC[C@@H]1[C@@H](c2ccc(C#Cc3ccccc3)cc2)[C@@H]2CN(CC3CCOCC3)CCCCN12. The lowest BCUT2D eigenvalue weighted by Gasteiger charge is -2.57. The fourth-order valence-corrected chi connectivity index (χ4v) is 5.93. The lowest BCUT2D eigenvalue weighted by Crippen LogP contribution is -2.67. The standard InChI is InChI=1S/C29H36N2O2/c32-22-28-29(26-12-10-24(11-13-26)9-8-23-6-2-1-3-7-23)27-21-30(16-4-5-17-31(27)28)20-25-14-18-33-19-15-25/h1-3,6-7,10-13,25,27-29,32H,4-5,14-22H2/t27-,28+,29-/m0/s1. The van der Waals surface area contributed by atoms with E-state index in [1.165, 1.54) is 44.3 Å². The van der Waals surface area contributed by atoms with Crippen LogP contribution >= 0.6 is 0 Å². The van der Waals surface area contributed by atoms with Crippen LogP contribution in [0.15, 0.2) is 54.6 Å². The fraction of sp³-hybridized carbons (Fsp3) is 0.517. The molecule has 0 spiro atoms. The number of aliphatic hydroxyl groups is 1. The summed E-state index contributed by atoms with van der Waals surface area (Å²) in [7, 11) is 0. The molecule has 0 bridgehead atoms. The number of hydrogen-bond acceptors (Lipinski definition) is 4. The van der Waals surface area contributed by atoms with Gasteiger partial charge in [-0.05, 0) is 74.5 Å². The quantitative estimate of drug-likeness (QED) is 0.729. The van der Waals surface area contributed by atoms with Crippen LogP contribution in [0.5, 0.6) is 0 Å². The Labute approximate surface area is 198 Å². The highest BCUT2D eigenvalue weighted by atomic mass is 16.5. The van der Waals surface area contributed by atoms with Crippen molar-refractivity contribution in [3.63, 3.8) is 0 Å². The van der Waals surface area contributed by atoms with Crippen molar-refractivity contribution in [1.29, 1.82) is 0 Å². The van der Waals surface area contributed by atoms with E-state index in [0.717, 1.165) is 43.3 Å². The maximum atomic E-state index is 10.2. The highest BCUT2D eigenvalue weighted by molar-refractivity contribution is 5.44. The van der Waals surface area contributed by atoms with Crippen molar-refractivity contribution in [3.05, 3.63) is 71.3 Å². The first kappa shape index (κ1) is 22.6. The van der Waals surface area contributed by atoms with Crippen LogP contribution in [0.4, 0.5) is 0 Å². The number of aliphatic hydroxyl groups excluding tert-OH is 1. The van der Waals surface area contributed by atoms with Gasteiger partial charge in [-0.3, -0.25) is 4.90 Å². The van der Waals surface area contributed by atoms with Gasteiger partial charge in [0.05, 0.1) is 6.61 Å². The number of ether oxygens (including phenoxy) is 1. The van der Waals surface area contributed by atoms with Gasteiger partial charge in [-0.25, -0.2) is 0 Å². The first-order valence-electron chi connectivity index (χ1n) is 12.7. The third kappa shape index (κ3) is 5.34. The van der Waals surface area contributed by atoms with E-state index in [9.17, 15) is 5.11 Å². The molecular weight excluding hydrogens is 408 g/mol. The van der Waals surface area contributed by atoms with Crippen LogP contribution < -0.4 is 0 Å². The molecule has 3 saturated heterocycles. The molecule has 0 amide bonds. The first-order valence-corrected chi connectivity index (χ1v) is 12.7. The molecule has 0 radical (unpaired) electrons. The zero-order valence-electron chi connectivity index (χ0n) is 19.5. The summed E-state index contributed by atoms with van der Waals surface area (Å²) in [5, 5.41) is 10.2. The largest absolute Gasteiger partial charge is 0.395 e. The normalized spacial score (nSPS) is 26.9. The molecule has 3 atom stereocenters. The van der Waals surface area contributed by atoms with E-state index in [4.69, 9.17) is 4.74 Å². The van der Waals surface area contributed by atoms with E-state index in [2.05, 4.69) is 45.9 Å². The van der Waals surface area contributed by atoms with Gasteiger partial charge in [0.15, 0.2) is 0 Å². The number of fused-ring (bicyclic) bond motifs is 1. The fourth-order valence-electron chi connectivity index (χ4n) is 5.93. The Hall–Kier alpha value is -2.16. The Morgan fingerprint density at radius 2 is 1.58 bits per heavy atom. The second kappa shape index (κ2) is 10.8. The van der Waals surface area contributed by atoms with Crippen molar-refractivity contribution in [3.8, 4) is 11.8 Å². The molecule has 3 aliphatic rings. The van der Waals surface area contributed by atoms with Gasteiger partial charge >= 0.3 is 0 Å². The molecule has 5 rings (SSSR count). The molecule has 0 aromatic heterocycles. The Bertz CT molecular complexity index is 943.